The fourth-order valence-electron chi connectivity index (χ4n) is 3.61. The highest BCUT2D eigenvalue weighted by Gasteiger charge is 2.18. The molecule has 5 rings (SSSR count). The maximum absolute atomic E-state index is 11.8. The summed E-state index contributed by atoms with van der Waals surface area (Å²) < 4.78 is 5.60. The van der Waals surface area contributed by atoms with E-state index in [0.29, 0.717) is 35.4 Å². The number of benzene rings is 2. The Bertz CT molecular complexity index is 1320. The van der Waals surface area contributed by atoms with Gasteiger partial charge in [0.1, 0.15) is 5.82 Å². The van der Waals surface area contributed by atoms with Crippen molar-refractivity contribution in [3.8, 4) is 11.5 Å². The lowest BCUT2D eigenvalue weighted by atomic mass is 10.00. The van der Waals surface area contributed by atoms with Crippen LogP contribution in [0.2, 0.25) is 0 Å². The van der Waals surface area contributed by atoms with Crippen LogP contribution in [0.15, 0.2) is 59.1 Å². The third-order valence-corrected chi connectivity index (χ3v) is 5.51. The number of nitrogens with zero attached hydrogens (tertiary/aromatic N) is 4. The number of carbonyl (C=O) groups excluding carboxylic acids is 1. The van der Waals surface area contributed by atoms with Crippen LogP contribution >= 0.6 is 0 Å². The van der Waals surface area contributed by atoms with Crippen LogP contribution in [0.1, 0.15) is 47.1 Å². The van der Waals surface area contributed by atoms with Gasteiger partial charge in [0.2, 0.25) is 11.8 Å². The summed E-state index contributed by atoms with van der Waals surface area (Å²) in [6, 6.07) is 15.5. The van der Waals surface area contributed by atoms with Crippen molar-refractivity contribution in [1.29, 1.82) is 0 Å². The molecular formula is C26H29N7O3. The van der Waals surface area contributed by atoms with E-state index in [1.54, 1.807) is 12.3 Å². The van der Waals surface area contributed by atoms with E-state index in [1.165, 1.54) is 5.56 Å². The van der Waals surface area contributed by atoms with Crippen molar-refractivity contribution in [3.05, 3.63) is 77.3 Å². The number of anilines is 3. The number of hydrogen-bond acceptors (Lipinski definition) is 9. The topological polar surface area (TPSA) is 152 Å². The van der Waals surface area contributed by atoms with Crippen LogP contribution in [0, 0.1) is 0 Å². The predicted octanol–water partition coefficient (Wildman–Crippen LogP) is 3.48. The Hall–Kier alpha value is -4.31. The number of nitrogens with two attached hydrogens (primary N) is 1. The molecule has 0 saturated carbocycles. The zero-order valence-electron chi connectivity index (χ0n) is 20.2. The molecule has 0 fully saturated rings. The van der Waals surface area contributed by atoms with Gasteiger partial charge in [-0.1, -0.05) is 44.2 Å². The molecule has 1 amide bonds. The van der Waals surface area contributed by atoms with Gasteiger partial charge >= 0.3 is 0 Å². The molecule has 0 saturated heterocycles. The molecule has 0 spiro atoms. The molecule has 2 aromatic heterocycles. The number of carbonyl (C=O) groups is 1. The summed E-state index contributed by atoms with van der Waals surface area (Å²) in [4.78, 5) is 20.4. The first-order valence-electron chi connectivity index (χ1n) is 11.7. The number of aliphatic hydroxyl groups excluding tert-OH is 1. The van der Waals surface area contributed by atoms with Gasteiger partial charge in [0, 0.05) is 36.5 Å². The van der Waals surface area contributed by atoms with Gasteiger partial charge in [-0.25, -0.2) is 4.98 Å². The molecule has 36 heavy (non-hydrogen) atoms. The van der Waals surface area contributed by atoms with Gasteiger partial charge in [-0.2, -0.15) is 4.98 Å². The number of nitrogens with one attached hydrogen (secondary N) is 2. The molecule has 0 aliphatic carbocycles. The van der Waals surface area contributed by atoms with Crippen molar-refractivity contribution in [2.75, 3.05) is 24.2 Å². The van der Waals surface area contributed by atoms with Crippen LogP contribution in [-0.2, 0) is 12.8 Å². The van der Waals surface area contributed by atoms with Gasteiger partial charge in [0.05, 0.1) is 5.56 Å². The minimum absolute atomic E-state index is 0.0482. The number of rotatable bonds is 6. The molecule has 1 aliphatic heterocycles. The van der Waals surface area contributed by atoms with Gasteiger partial charge in [-0.3, -0.25) is 4.79 Å². The normalized spacial score (nSPS) is 12.4. The highest BCUT2D eigenvalue weighted by molar-refractivity contribution is 5.97. The molecule has 10 heteroatoms. The van der Waals surface area contributed by atoms with Crippen LogP contribution in [0.5, 0.6) is 0 Å². The fraction of sp³-hybridized carbons (Fsp3) is 0.269. The summed E-state index contributed by atoms with van der Waals surface area (Å²) in [6.07, 6.45) is 3.10. The third kappa shape index (κ3) is 6.02. The Morgan fingerprint density at radius 3 is 2.64 bits per heavy atom. The first kappa shape index (κ1) is 24.8. The van der Waals surface area contributed by atoms with E-state index >= 15 is 0 Å². The Morgan fingerprint density at radius 1 is 1.14 bits per heavy atom. The largest absolute Gasteiger partial charge is 0.420 e. The Kier molecular flexibility index (Phi) is 7.86. The van der Waals surface area contributed by atoms with Crippen molar-refractivity contribution in [3.63, 3.8) is 0 Å². The second kappa shape index (κ2) is 11.4. The lowest BCUT2D eigenvalue weighted by Crippen LogP contribution is -2.31. The standard InChI is InChI=1S/C18H19N7O2.C8H10O/c1-9(2)16-24-25-17(27-16)13-8-21-18(23-14(13)19)22-11-3-4-12-10(7-11)5-6-20-15(12)26;9-7-6-8-4-2-1-3-5-8/h3-4,7-9H,5-6H2,1-2H3,(H,20,26)(H3,19,21,22,23);1-5,9H,6-7H2. The van der Waals surface area contributed by atoms with E-state index in [4.69, 9.17) is 15.3 Å². The molecule has 0 radical (unpaired) electrons. The number of aliphatic hydroxyl groups is 1. The molecule has 4 aromatic rings. The highest BCUT2D eigenvalue weighted by Crippen LogP contribution is 2.27. The fourth-order valence-corrected chi connectivity index (χ4v) is 3.61. The van der Waals surface area contributed by atoms with Crippen LogP contribution in [0.3, 0.4) is 0 Å². The first-order valence-corrected chi connectivity index (χ1v) is 11.7. The summed E-state index contributed by atoms with van der Waals surface area (Å²) in [5.41, 5.74) is 10.2. The van der Waals surface area contributed by atoms with Crippen molar-refractivity contribution in [2.45, 2.75) is 32.6 Å². The van der Waals surface area contributed by atoms with Crippen molar-refractivity contribution >= 4 is 23.4 Å². The van der Waals surface area contributed by atoms with Gasteiger partial charge in [-0.05, 0) is 42.2 Å². The van der Waals surface area contributed by atoms with Gasteiger partial charge in [0.25, 0.3) is 11.8 Å². The first-order chi connectivity index (χ1) is 17.4. The van der Waals surface area contributed by atoms with Crippen molar-refractivity contribution in [2.24, 2.45) is 0 Å². The summed E-state index contributed by atoms with van der Waals surface area (Å²) in [5, 5.41) is 22.5. The maximum atomic E-state index is 11.8. The van der Waals surface area contributed by atoms with Crippen molar-refractivity contribution in [1.82, 2.24) is 25.5 Å². The quantitative estimate of drug-likeness (QED) is 0.320. The van der Waals surface area contributed by atoms with E-state index in [-0.39, 0.29) is 24.2 Å². The molecular weight excluding hydrogens is 458 g/mol. The average molecular weight is 488 g/mol. The lowest BCUT2D eigenvalue weighted by Gasteiger charge is -2.17. The van der Waals surface area contributed by atoms with Gasteiger partial charge in [0.15, 0.2) is 0 Å². The van der Waals surface area contributed by atoms with Gasteiger partial charge < -0.3 is 25.9 Å². The lowest BCUT2D eigenvalue weighted by molar-refractivity contribution is 0.0946. The number of fused-ring (bicyclic) bond motifs is 1. The minimum atomic E-state index is -0.0482. The Morgan fingerprint density at radius 2 is 1.94 bits per heavy atom. The highest BCUT2D eigenvalue weighted by atomic mass is 16.4. The van der Waals surface area contributed by atoms with Crippen LogP contribution in [0.25, 0.3) is 11.5 Å². The SMILES string of the molecule is CC(C)c1nnc(-c2cnc(Nc3ccc4c(c3)CCNC4=O)nc2N)o1.OCCc1ccccc1. The molecule has 10 nitrogen and oxygen atoms in total. The zero-order chi connectivity index (χ0) is 25.5. The molecule has 1 aliphatic rings. The summed E-state index contributed by atoms with van der Waals surface area (Å²) in [7, 11) is 0. The zero-order valence-corrected chi connectivity index (χ0v) is 20.2. The van der Waals surface area contributed by atoms with Gasteiger partial charge in [-0.15, -0.1) is 10.2 Å². The Balaban J connectivity index is 0.000000286. The number of nitrogen functional groups attached to an aromatic ring is 1. The number of amides is 1. The molecule has 3 heterocycles. The predicted molar refractivity (Wildman–Crippen MR) is 137 cm³/mol. The maximum Gasteiger partial charge on any atom is 0.253 e. The molecule has 0 atom stereocenters. The molecule has 186 valence electrons. The molecule has 0 bridgehead atoms. The van der Waals surface area contributed by atoms with Crippen LogP contribution in [0.4, 0.5) is 17.5 Å². The monoisotopic (exact) mass is 487 g/mol. The van der Waals surface area contributed by atoms with E-state index in [0.717, 1.165) is 24.1 Å². The minimum Gasteiger partial charge on any atom is -0.420 e. The second-order valence-electron chi connectivity index (χ2n) is 8.55. The van der Waals surface area contributed by atoms with Crippen molar-refractivity contribution < 1.29 is 14.3 Å². The number of hydrogen-bond donors (Lipinski definition) is 4. The van der Waals surface area contributed by atoms with Crippen LogP contribution in [-0.4, -0.2) is 44.3 Å². The van der Waals surface area contributed by atoms with E-state index in [9.17, 15) is 4.79 Å². The summed E-state index contributed by atoms with van der Waals surface area (Å²) in [5.74, 6) is 1.49. The Labute approximate surface area is 209 Å². The average Bonchev–Trinajstić information content (AvgIpc) is 3.36. The third-order valence-electron chi connectivity index (χ3n) is 5.51. The summed E-state index contributed by atoms with van der Waals surface area (Å²) in [6.45, 7) is 4.80. The molecule has 2 aromatic carbocycles. The smallest absolute Gasteiger partial charge is 0.253 e. The van der Waals surface area contributed by atoms with E-state index in [1.807, 2.05) is 56.3 Å². The molecule has 5 N–H and O–H groups in total. The van der Waals surface area contributed by atoms with E-state index in [2.05, 4.69) is 30.8 Å². The van der Waals surface area contributed by atoms with E-state index < -0.39 is 0 Å². The number of aromatic nitrogens is 4. The molecule has 0 unspecified atom stereocenters. The summed E-state index contributed by atoms with van der Waals surface area (Å²) >= 11 is 0. The van der Waals surface area contributed by atoms with Crippen LogP contribution < -0.4 is 16.4 Å². The second-order valence-corrected chi connectivity index (χ2v) is 8.55.